The first-order valence-electron chi connectivity index (χ1n) is 9.68. The zero-order valence-corrected chi connectivity index (χ0v) is 20.2. The lowest BCUT2D eigenvalue weighted by atomic mass is 9.95. The van der Waals surface area contributed by atoms with Crippen LogP contribution in [0.1, 0.15) is 33.4 Å². The standard InChI is InChI=1S/C25H32Si2/c1-20-17-22(13-15-26(3,4)5)9-11-24(20)19-25-12-10-23(18-21(25)2)14-16-27(6,7)8/h9-12,17-18H,19H2,1-8H3. The smallest absolute Gasteiger partial charge is 0.127 e. The van der Waals surface area contributed by atoms with Crippen molar-refractivity contribution in [3.8, 4) is 22.9 Å². The van der Waals surface area contributed by atoms with E-state index < -0.39 is 16.1 Å². The molecule has 0 aromatic heterocycles. The predicted molar refractivity (Wildman–Crippen MR) is 126 cm³/mol. The van der Waals surface area contributed by atoms with E-state index in [9.17, 15) is 0 Å². The molecule has 140 valence electrons. The maximum absolute atomic E-state index is 3.45. The lowest BCUT2D eigenvalue weighted by Crippen LogP contribution is -2.16. The van der Waals surface area contributed by atoms with E-state index in [1.165, 1.54) is 22.3 Å². The first-order valence-corrected chi connectivity index (χ1v) is 16.7. The average Bonchev–Trinajstić information content (AvgIpc) is 2.54. The Bertz CT molecular complexity index is 867. The molecular formula is C25H32Si2. The molecule has 0 bridgehead atoms. The van der Waals surface area contributed by atoms with Crippen molar-refractivity contribution in [2.45, 2.75) is 59.6 Å². The number of benzene rings is 2. The minimum absolute atomic E-state index is 0.959. The monoisotopic (exact) mass is 388 g/mol. The first-order chi connectivity index (χ1) is 12.4. The lowest BCUT2D eigenvalue weighted by Gasteiger charge is -2.10. The van der Waals surface area contributed by atoms with Crippen LogP contribution in [0.25, 0.3) is 0 Å². The predicted octanol–water partition coefficient (Wildman–Crippen LogP) is 6.35. The molecule has 2 rings (SSSR count). The molecule has 0 N–H and O–H groups in total. The van der Waals surface area contributed by atoms with Crippen LogP contribution in [-0.2, 0) is 6.42 Å². The number of hydrogen-bond acceptors (Lipinski definition) is 0. The minimum atomic E-state index is -1.33. The summed E-state index contributed by atoms with van der Waals surface area (Å²) < 4.78 is 0. The summed E-state index contributed by atoms with van der Waals surface area (Å²) in [6, 6.07) is 13.3. The molecule has 2 aromatic rings. The third-order valence-electron chi connectivity index (χ3n) is 4.23. The number of rotatable bonds is 2. The molecule has 0 aliphatic rings. The van der Waals surface area contributed by atoms with Crippen LogP contribution in [0.3, 0.4) is 0 Å². The van der Waals surface area contributed by atoms with E-state index >= 15 is 0 Å². The van der Waals surface area contributed by atoms with Crippen LogP contribution in [-0.4, -0.2) is 16.1 Å². The van der Waals surface area contributed by atoms with Crippen molar-refractivity contribution in [1.29, 1.82) is 0 Å². The van der Waals surface area contributed by atoms with Crippen molar-refractivity contribution in [2.24, 2.45) is 0 Å². The van der Waals surface area contributed by atoms with Gasteiger partial charge in [-0.25, -0.2) is 0 Å². The largest absolute Gasteiger partial charge is 0.129 e. The normalized spacial score (nSPS) is 11.3. The maximum Gasteiger partial charge on any atom is 0.129 e. The van der Waals surface area contributed by atoms with Gasteiger partial charge in [-0.3, -0.25) is 0 Å². The van der Waals surface area contributed by atoms with E-state index in [2.05, 4.69) is 112 Å². The highest BCUT2D eigenvalue weighted by Crippen LogP contribution is 2.19. The Morgan fingerprint density at radius 3 is 1.30 bits per heavy atom. The SMILES string of the molecule is Cc1cc(C#C[Si](C)(C)C)ccc1Cc1ccc(C#C[Si](C)(C)C)cc1C. The molecule has 0 aliphatic heterocycles. The number of aryl methyl sites for hydroxylation is 2. The van der Waals surface area contributed by atoms with Crippen molar-refractivity contribution in [3.63, 3.8) is 0 Å². The van der Waals surface area contributed by atoms with Gasteiger partial charge in [-0.05, 0) is 66.8 Å². The summed E-state index contributed by atoms with van der Waals surface area (Å²) in [5.74, 6) is 6.72. The lowest BCUT2D eigenvalue weighted by molar-refractivity contribution is 1.13. The van der Waals surface area contributed by atoms with Gasteiger partial charge in [-0.2, -0.15) is 0 Å². The van der Waals surface area contributed by atoms with Gasteiger partial charge in [0.1, 0.15) is 16.1 Å². The van der Waals surface area contributed by atoms with Gasteiger partial charge >= 0.3 is 0 Å². The molecule has 27 heavy (non-hydrogen) atoms. The van der Waals surface area contributed by atoms with Crippen LogP contribution in [0.15, 0.2) is 36.4 Å². The van der Waals surface area contributed by atoms with Crippen molar-refractivity contribution in [1.82, 2.24) is 0 Å². The highest BCUT2D eigenvalue weighted by atomic mass is 28.3. The van der Waals surface area contributed by atoms with Gasteiger partial charge in [-0.1, -0.05) is 63.3 Å². The van der Waals surface area contributed by atoms with E-state index in [-0.39, 0.29) is 0 Å². The fourth-order valence-corrected chi connectivity index (χ4v) is 3.71. The van der Waals surface area contributed by atoms with Crippen molar-refractivity contribution in [3.05, 3.63) is 69.8 Å². The third-order valence-corrected chi connectivity index (χ3v) is 5.98. The summed E-state index contributed by atoms with van der Waals surface area (Å²) in [5, 5.41) is 0. The highest BCUT2D eigenvalue weighted by molar-refractivity contribution is 6.84. The van der Waals surface area contributed by atoms with Gasteiger partial charge in [0.05, 0.1) is 0 Å². The van der Waals surface area contributed by atoms with Crippen LogP contribution < -0.4 is 0 Å². The zero-order valence-electron chi connectivity index (χ0n) is 18.2. The van der Waals surface area contributed by atoms with Crippen LogP contribution in [0, 0.1) is 36.8 Å². The van der Waals surface area contributed by atoms with Gasteiger partial charge in [-0.15, -0.1) is 11.1 Å². The second-order valence-corrected chi connectivity index (χ2v) is 19.0. The molecule has 0 aliphatic carbocycles. The molecule has 0 unspecified atom stereocenters. The summed E-state index contributed by atoms with van der Waals surface area (Å²) in [5.41, 5.74) is 14.5. The van der Waals surface area contributed by atoms with Gasteiger partial charge in [0.25, 0.3) is 0 Å². The summed E-state index contributed by atoms with van der Waals surface area (Å²) in [4.78, 5) is 0. The van der Waals surface area contributed by atoms with Crippen molar-refractivity contribution >= 4 is 16.1 Å². The van der Waals surface area contributed by atoms with Gasteiger partial charge in [0, 0.05) is 11.1 Å². The highest BCUT2D eigenvalue weighted by Gasteiger charge is 2.09. The van der Waals surface area contributed by atoms with Crippen molar-refractivity contribution < 1.29 is 0 Å². The van der Waals surface area contributed by atoms with E-state index in [4.69, 9.17) is 0 Å². The Hall–Kier alpha value is -2.01. The summed E-state index contributed by atoms with van der Waals surface area (Å²) >= 11 is 0. The fourth-order valence-electron chi connectivity index (χ4n) is 2.67. The average molecular weight is 389 g/mol. The summed E-state index contributed by atoms with van der Waals surface area (Å²) in [6.07, 6.45) is 0.959. The van der Waals surface area contributed by atoms with Gasteiger partial charge < -0.3 is 0 Å². The minimum Gasteiger partial charge on any atom is -0.127 e. The summed E-state index contributed by atoms with van der Waals surface area (Å²) in [7, 11) is -2.67. The molecule has 0 heterocycles. The second-order valence-electron chi connectivity index (χ2n) is 9.46. The molecule has 2 aromatic carbocycles. The molecule has 2 heteroatoms. The molecule has 0 radical (unpaired) electrons. The third kappa shape index (κ3) is 7.26. The molecule has 0 fully saturated rings. The molecule has 0 amide bonds. The van der Waals surface area contributed by atoms with Crippen LogP contribution in [0.5, 0.6) is 0 Å². The van der Waals surface area contributed by atoms with Gasteiger partial charge in [0.2, 0.25) is 0 Å². The molecule has 0 spiro atoms. The second kappa shape index (κ2) is 8.34. The van der Waals surface area contributed by atoms with E-state index in [0.717, 1.165) is 17.5 Å². The van der Waals surface area contributed by atoms with E-state index in [1.54, 1.807) is 0 Å². The number of hydrogen-bond donors (Lipinski definition) is 0. The van der Waals surface area contributed by atoms with Crippen molar-refractivity contribution in [2.75, 3.05) is 0 Å². The maximum atomic E-state index is 3.45. The van der Waals surface area contributed by atoms with Gasteiger partial charge in [0.15, 0.2) is 0 Å². The molecular weight excluding hydrogens is 356 g/mol. The Kier molecular flexibility index (Phi) is 6.58. The Labute approximate surface area is 168 Å². The Morgan fingerprint density at radius 2 is 1.00 bits per heavy atom. The van der Waals surface area contributed by atoms with Crippen LogP contribution >= 0.6 is 0 Å². The molecule has 0 nitrogen and oxygen atoms in total. The summed E-state index contributed by atoms with van der Waals surface area (Å²) in [6.45, 7) is 18.1. The van der Waals surface area contributed by atoms with E-state index in [0.29, 0.717) is 0 Å². The Morgan fingerprint density at radius 1 is 0.630 bits per heavy atom. The molecule has 0 atom stereocenters. The van der Waals surface area contributed by atoms with E-state index in [1.807, 2.05) is 0 Å². The topological polar surface area (TPSA) is 0 Å². The quantitative estimate of drug-likeness (QED) is 0.415. The van der Waals surface area contributed by atoms with Crippen LogP contribution in [0.4, 0.5) is 0 Å². The Balaban J connectivity index is 2.21. The fraction of sp³-hybridized carbons (Fsp3) is 0.360. The molecule has 0 saturated carbocycles. The van der Waals surface area contributed by atoms with Crippen LogP contribution in [0.2, 0.25) is 39.3 Å². The molecule has 0 saturated heterocycles. The zero-order chi connectivity index (χ0) is 20.2. The first kappa shape index (κ1) is 21.3.